The molecule has 0 heterocycles. The van der Waals surface area contributed by atoms with Gasteiger partial charge in [0, 0.05) is 5.69 Å². The summed E-state index contributed by atoms with van der Waals surface area (Å²) in [6, 6.07) is 6.82. The number of hydrogen-bond acceptors (Lipinski definition) is 4. The van der Waals surface area contributed by atoms with E-state index in [-0.39, 0.29) is 6.61 Å². The van der Waals surface area contributed by atoms with Crippen LogP contribution in [0.4, 0.5) is 10.5 Å². The molecular weight excluding hydrogens is 240 g/mol. The average molecular weight is 254 g/mol. The number of nitrogens with one attached hydrogen (secondary N) is 1. The molecule has 0 saturated heterocycles. The van der Waals surface area contributed by atoms with E-state index in [9.17, 15) is 4.79 Å². The molecule has 0 bridgehead atoms. The van der Waals surface area contributed by atoms with Gasteiger partial charge >= 0.3 is 6.09 Å². The lowest BCUT2D eigenvalue weighted by Crippen LogP contribution is -2.17. The van der Waals surface area contributed by atoms with Crippen LogP contribution >= 0.6 is 12.2 Å². The Kier molecular flexibility index (Phi) is 5.22. The summed E-state index contributed by atoms with van der Waals surface area (Å²) in [4.78, 5) is 11.4. The van der Waals surface area contributed by atoms with Crippen LogP contribution in [0, 0.1) is 0 Å². The SMILES string of the molecule is CCOC(=O)Nc1ccc(OCC(N)=S)cc1. The Morgan fingerprint density at radius 2 is 2.06 bits per heavy atom. The molecule has 6 heteroatoms. The van der Waals surface area contributed by atoms with Crippen LogP contribution in [0.15, 0.2) is 24.3 Å². The molecule has 1 aromatic rings. The number of ether oxygens (including phenoxy) is 2. The van der Waals surface area contributed by atoms with Crippen molar-refractivity contribution in [3.63, 3.8) is 0 Å². The standard InChI is InChI=1S/C11H14N2O3S/c1-2-15-11(14)13-8-3-5-9(6-4-8)16-7-10(12)17/h3-6H,2,7H2,1H3,(H2,12,17)(H,13,14). The lowest BCUT2D eigenvalue weighted by molar-refractivity contribution is 0.168. The van der Waals surface area contributed by atoms with E-state index in [1.807, 2.05) is 0 Å². The van der Waals surface area contributed by atoms with E-state index < -0.39 is 6.09 Å². The number of anilines is 1. The number of hydrogen-bond donors (Lipinski definition) is 2. The highest BCUT2D eigenvalue weighted by molar-refractivity contribution is 7.80. The number of thiocarbonyl (C=S) groups is 1. The van der Waals surface area contributed by atoms with Gasteiger partial charge < -0.3 is 15.2 Å². The fraction of sp³-hybridized carbons (Fsp3) is 0.273. The van der Waals surface area contributed by atoms with Gasteiger partial charge in [0.15, 0.2) is 0 Å². The molecule has 0 aliphatic heterocycles. The minimum atomic E-state index is -0.482. The van der Waals surface area contributed by atoms with Gasteiger partial charge in [0.2, 0.25) is 0 Å². The molecule has 0 atom stereocenters. The first-order chi connectivity index (χ1) is 8.11. The van der Waals surface area contributed by atoms with Gasteiger partial charge in [0.05, 0.1) is 6.61 Å². The molecule has 0 fully saturated rings. The van der Waals surface area contributed by atoms with Crippen LogP contribution in [0.5, 0.6) is 5.75 Å². The topological polar surface area (TPSA) is 73.6 Å². The van der Waals surface area contributed by atoms with Crippen LogP contribution in [-0.2, 0) is 4.74 Å². The van der Waals surface area contributed by atoms with Gasteiger partial charge in [-0.15, -0.1) is 0 Å². The monoisotopic (exact) mass is 254 g/mol. The zero-order valence-corrected chi connectivity index (χ0v) is 10.3. The third kappa shape index (κ3) is 5.17. The summed E-state index contributed by atoms with van der Waals surface area (Å²) in [6.45, 7) is 2.27. The lowest BCUT2D eigenvalue weighted by Gasteiger charge is -2.07. The van der Waals surface area contributed by atoms with Crippen LogP contribution in [0.3, 0.4) is 0 Å². The van der Waals surface area contributed by atoms with E-state index in [1.54, 1.807) is 31.2 Å². The van der Waals surface area contributed by atoms with Crippen molar-refractivity contribution in [1.29, 1.82) is 0 Å². The van der Waals surface area contributed by atoms with Crippen LogP contribution in [0.25, 0.3) is 0 Å². The first kappa shape index (κ1) is 13.2. The summed E-state index contributed by atoms with van der Waals surface area (Å²) in [6.07, 6.45) is -0.482. The quantitative estimate of drug-likeness (QED) is 0.785. The Balaban J connectivity index is 2.49. The molecule has 0 aliphatic rings. The van der Waals surface area contributed by atoms with Crippen molar-refractivity contribution < 1.29 is 14.3 Å². The molecule has 0 aromatic heterocycles. The Labute approximate surface area is 105 Å². The van der Waals surface area contributed by atoms with E-state index in [0.29, 0.717) is 23.0 Å². The molecule has 0 saturated carbocycles. The number of amides is 1. The Bertz CT molecular complexity index is 392. The molecule has 0 unspecified atom stereocenters. The van der Waals surface area contributed by atoms with Crippen molar-refractivity contribution in [1.82, 2.24) is 0 Å². The summed E-state index contributed by atoms with van der Waals surface area (Å²) >= 11 is 4.69. The Morgan fingerprint density at radius 1 is 1.41 bits per heavy atom. The minimum absolute atomic E-state index is 0.194. The number of nitrogens with two attached hydrogens (primary N) is 1. The fourth-order valence-corrected chi connectivity index (χ4v) is 1.13. The molecular formula is C11H14N2O3S. The molecule has 0 radical (unpaired) electrons. The normalized spacial score (nSPS) is 9.47. The van der Waals surface area contributed by atoms with Crippen molar-refractivity contribution >= 4 is 29.0 Å². The van der Waals surface area contributed by atoms with Crippen molar-refractivity contribution in [2.75, 3.05) is 18.5 Å². The molecule has 1 rings (SSSR count). The summed E-state index contributed by atoms with van der Waals surface area (Å²) in [7, 11) is 0. The molecule has 3 N–H and O–H groups in total. The van der Waals surface area contributed by atoms with Crippen molar-refractivity contribution in [3.8, 4) is 5.75 Å². The van der Waals surface area contributed by atoms with Gasteiger partial charge in [-0.1, -0.05) is 12.2 Å². The van der Waals surface area contributed by atoms with E-state index >= 15 is 0 Å². The largest absolute Gasteiger partial charge is 0.487 e. The predicted molar refractivity (Wildman–Crippen MR) is 69.4 cm³/mol. The third-order valence-electron chi connectivity index (χ3n) is 1.76. The zero-order valence-electron chi connectivity index (χ0n) is 9.43. The maximum Gasteiger partial charge on any atom is 0.411 e. The average Bonchev–Trinajstić information content (AvgIpc) is 2.28. The minimum Gasteiger partial charge on any atom is -0.487 e. The molecule has 0 aliphatic carbocycles. The first-order valence-corrected chi connectivity index (χ1v) is 5.47. The highest BCUT2D eigenvalue weighted by Crippen LogP contribution is 2.15. The van der Waals surface area contributed by atoms with Gasteiger partial charge in [-0.05, 0) is 31.2 Å². The highest BCUT2D eigenvalue weighted by atomic mass is 32.1. The van der Waals surface area contributed by atoms with Crippen molar-refractivity contribution in [2.24, 2.45) is 5.73 Å². The molecule has 17 heavy (non-hydrogen) atoms. The van der Waals surface area contributed by atoms with Crippen LogP contribution < -0.4 is 15.8 Å². The smallest absolute Gasteiger partial charge is 0.411 e. The number of benzene rings is 1. The summed E-state index contributed by atoms with van der Waals surface area (Å²) < 4.78 is 10.0. The molecule has 92 valence electrons. The summed E-state index contributed by atoms with van der Waals surface area (Å²) in [5.41, 5.74) is 5.93. The second-order valence-electron chi connectivity index (χ2n) is 3.12. The van der Waals surface area contributed by atoms with Gasteiger partial charge in [0.25, 0.3) is 0 Å². The predicted octanol–water partition coefficient (Wildman–Crippen LogP) is 1.92. The van der Waals surface area contributed by atoms with Gasteiger partial charge in [-0.3, -0.25) is 5.32 Å². The number of carbonyl (C=O) groups is 1. The van der Waals surface area contributed by atoms with Crippen molar-refractivity contribution in [2.45, 2.75) is 6.92 Å². The highest BCUT2D eigenvalue weighted by Gasteiger charge is 2.01. The number of rotatable bonds is 5. The van der Waals surface area contributed by atoms with E-state index in [0.717, 1.165) is 0 Å². The summed E-state index contributed by atoms with van der Waals surface area (Å²) in [5, 5.41) is 2.57. The fourth-order valence-electron chi connectivity index (χ4n) is 1.07. The third-order valence-corrected chi connectivity index (χ3v) is 1.88. The van der Waals surface area contributed by atoms with E-state index in [4.69, 9.17) is 15.2 Å². The second-order valence-corrected chi connectivity index (χ2v) is 3.65. The van der Waals surface area contributed by atoms with Gasteiger partial charge in [0.1, 0.15) is 17.3 Å². The van der Waals surface area contributed by atoms with E-state index in [2.05, 4.69) is 17.5 Å². The van der Waals surface area contributed by atoms with Crippen LogP contribution in [0.2, 0.25) is 0 Å². The molecule has 1 aromatic carbocycles. The second kappa shape index (κ2) is 6.70. The Morgan fingerprint density at radius 3 is 2.59 bits per heavy atom. The molecule has 0 spiro atoms. The molecule has 1 amide bonds. The van der Waals surface area contributed by atoms with Crippen LogP contribution in [-0.4, -0.2) is 24.3 Å². The van der Waals surface area contributed by atoms with E-state index in [1.165, 1.54) is 0 Å². The zero-order chi connectivity index (χ0) is 12.7. The van der Waals surface area contributed by atoms with Crippen molar-refractivity contribution in [3.05, 3.63) is 24.3 Å². The summed E-state index contributed by atoms with van der Waals surface area (Å²) in [5.74, 6) is 0.632. The Hall–Kier alpha value is -1.82. The maximum absolute atomic E-state index is 11.1. The first-order valence-electron chi connectivity index (χ1n) is 5.06. The number of carbonyl (C=O) groups excluding carboxylic acids is 1. The lowest BCUT2D eigenvalue weighted by atomic mass is 10.3. The maximum atomic E-state index is 11.1. The molecule has 5 nitrogen and oxygen atoms in total. The van der Waals surface area contributed by atoms with Gasteiger partial charge in [-0.2, -0.15) is 0 Å². The van der Waals surface area contributed by atoms with Gasteiger partial charge in [-0.25, -0.2) is 4.79 Å². The van der Waals surface area contributed by atoms with Crippen LogP contribution in [0.1, 0.15) is 6.92 Å².